The van der Waals surface area contributed by atoms with E-state index >= 15 is 0 Å². The smallest absolute Gasteiger partial charge is 0.387 e. The molecular weight excluding hydrogens is 390 g/mol. The van der Waals surface area contributed by atoms with E-state index < -0.39 is 6.61 Å². The summed E-state index contributed by atoms with van der Waals surface area (Å²) in [5, 5.41) is 0. The number of benzene rings is 2. The minimum absolute atomic E-state index is 0.0393. The van der Waals surface area contributed by atoms with Crippen molar-refractivity contribution in [2.24, 2.45) is 0 Å². The number of carbonyl (C=O) groups is 1. The van der Waals surface area contributed by atoms with Gasteiger partial charge in [-0.2, -0.15) is 8.78 Å². The summed E-state index contributed by atoms with van der Waals surface area (Å²) in [4.78, 5) is 16.7. The number of rotatable bonds is 8. The summed E-state index contributed by atoms with van der Waals surface area (Å²) in [7, 11) is 1.38. The third kappa shape index (κ3) is 6.29. The zero-order chi connectivity index (χ0) is 21.3. The number of amides is 1. The Hall–Kier alpha value is -2.93. The molecule has 0 radical (unpaired) electrons. The molecule has 1 heterocycles. The van der Waals surface area contributed by atoms with Crippen LogP contribution in [0.25, 0.3) is 6.08 Å². The van der Waals surface area contributed by atoms with Crippen LogP contribution in [0.1, 0.15) is 11.1 Å². The van der Waals surface area contributed by atoms with Gasteiger partial charge in [-0.1, -0.05) is 36.4 Å². The van der Waals surface area contributed by atoms with Gasteiger partial charge in [-0.15, -0.1) is 0 Å². The predicted molar refractivity (Wildman–Crippen MR) is 112 cm³/mol. The fourth-order valence-corrected chi connectivity index (χ4v) is 3.38. The molecule has 3 rings (SSSR count). The van der Waals surface area contributed by atoms with Crippen LogP contribution in [0.3, 0.4) is 0 Å². The van der Waals surface area contributed by atoms with Crippen molar-refractivity contribution in [3.63, 3.8) is 0 Å². The lowest BCUT2D eigenvalue weighted by molar-refractivity contribution is -0.127. The number of hydrogen-bond donors (Lipinski definition) is 0. The van der Waals surface area contributed by atoms with Crippen LogP contribution in [0.4, 0.5) is 8.78 Å². The van der Waals surface area contributed by atoms with Crippen molar-refractivity contribution in [2.75, 3.05) is 39.8 Å². The second kappa shape index (κ2) is 10.7. The van der Waals surface area contributed by atoms with Gasteiger partial charge >= 0.3 is 6.61 Å². The summed E-state index contributed by atoms with van der Waals surface area (Å²) in [6.45, 7) is 1.12. The summed E-state index contributed by atoms with van der Waals surface area (Å²) in [6.07, 6.45) is 4.16. The zero-order valence-electron chi connectivity index (χ0n) is 17.0. The van der Waals surface area contributed by atoms with E-state index in [2.05, 4.69) is 21.8 Å². The van der Waals surface area contributed by atoms with Crippen molar-refractivity contribution in [1.82, 2.24) is 9.80 Å². The lowest BCUT2D eigenvalue weighted by atomic mass is 10.1. The van der Waals surface area contributed by atoms with Gasteiger partial charge in [0, 0.05) is 38.8 Å². The van der Waals surface area contributed by atoms with Crippen LogP contribution in [0.2, 0.25) is 0 Å². The fourth-order valence-electron chi connectivity index (χ4n) is 3.38. The first-order valence-electron chi connectivity index (χ1n) is 9.91. The molecule has 1 aliphatic rings. The van der Waals surface area contributed by atoms with Crippen molar-refractivity contribution in [2.45, 2.75) is 13.0 Å². The van der Waals surface area contributed by atoms with Gasteiger partial charge in [0.2, 0.25) is 5.91 Å². The van der Waals surface area contributed by atoms with E-state index in [0.29, 0.717) is 18.7 Å². The van der Waals surface area contributed by atoms with E-state index in [9.17, 15) is 13.6 Å². The summed E-state index contributed by atoms with van der Waals surface area (Å²) >= 11 is 0. The van der Waals surface area contributed by atoms with Crippen molar-refractivity contribution in [1.29, 1.82) is 0 Å². The molecule has 1 aliphatic heterocycles. The second-order valence-electron chi connectivity index (χ2n) is 7.02. The number of ether oxygens (including phenoxy) is 2. The van der Waals surface area contributed by atoms with E-state index in [1.165, 1.54) is 24.8 Å². The minimum Gasteiger partial charge on any atom is -0.493 e. The van der Waals surface area contributed by atoms with E-state index in [0.717, 1.165) is 26.1 Å². The Morgan fingerprint density at radius 2 is 1.80 bits per heavy atom. The molecule has 160 valence electrons. The molecule has 1 saturated heterocycles. The molecule has 2 aromatic carbocycles. The van der Waals surface area contributed by atoms with Crippen LogP contribution in [-0.2, 0) is 11.2 Å². The van der Waals surface area contributed by atoms with Crippen LogP contribution in [0, 0.1) is 0 Å². The molecule has 0 bridgehead atoms. The van der Waals surface area contributed by atoms with Gasteiger partial charge in [0.15, 0.2) is 11.5 Å². The average Bonchev–Trinajstić information content (AvgIpc) is 2.77. The van der Waals surface area contributed by atoms with Gasteiger partial charge in [0.1, 0.15) is 0 Å². The highest BCUT2D eigenvalue weighted by Gasteiger charge is 2.19. The normalized spacial score (nSPS) is 15.0. The third-order valence-electron chi connectivity index (χ3n) is 5.07. The first kappa shape index (κ1) is 21.8. The molecule has 0 spiro atoms. The van der Waals surface area contributed by atoms with Crippen molar-refractivity contribution in [3.05, 3.63) is 65.7 Å². The van der Waals surface area contributed by atoms with E-state index in [4.69, 9.17) is 4.74 Å². The van der Waals surface area contributed by atoms with Gasteiger partial charge in [-0.3, -0.25) is 9.69 Å². The molecule has 7 heteroatoms. The molecule has 5 nitrogen and oxygen atoms in total. The minimum atomic E-state index is -2.92. The molecule has 30 heavy (non-hydrogen) atoms. The van der Waals surface area contributed by atoms with Crippen LogP contribution < -0.4 is 9.47 Å². The SMILES string of the molecule is COc1cc(/C=C/C(=O)N2CCN(CCc3ccccc3)CC2)ccc1OC(F)F. The highest BCUT2D eigenvalue weighted by molar-refractivity contribution is 5.92. The summed E-state index contributed by atoms with van der Waals surface area (Å²) in [6, 6.07) is 14.9. The topological polar surface area (TPSA) is 42.0 Å². The van der Waals surface area contributed by atoms with Crippen LogP contribution in [0.5, 0.6) is 11.5 Å². The fraction of sp³-hybridized carbons (Fsp3) is 0.348. The van der Waals surface area contributed by atoms with E-state index in [1.54, 1.807) is 18.2 Å². The van der Waals surface area contributed by atoms with Gasteiger partial charge in [0.05, 0.1) is 7.11 Å². The Balaban J connectivity index is 1.49. The monoisotopic (exact) mass is 416 g/mol. The molecule has 1 amide bonds. The lowest BCUT2D eigenvalue weighted by Gasteiger charge is -2.34. The Bertz CT molecular complexity index is 851. The lowest BCUT2D eigenvalue weighted by Crippen LogP contribution is -2.48. The van der Waals surface area contributed by atoms with Crippen molar-refractivity contribution < 1.29 is 23.0 Å². The second-order valence-corrected chi connectivity index (χ2v) is 7.02. The maximum Gasteiger partial charge on any atom is 0.387 e. The molecule has 0 aliphatic carbocycles. The molecule has 0 N–H and O–H groups in total. The van der Waals surface area contributed by atoms with Gasteiger partial charge < -0.3 is 14.4 Å². The molecule has 0 unspecified atom stereocenters. The largest absolute Gasteiger partial charge is 0.493 e. The summed E-state index contributed by atoms with van der Waals surface area (Å²) in [5.74, 6) is 0.0871. The van der Waals surface area contributed by atoms with Crippen LogP contribution in [-0.4, -0.2) is 62.2 Å². The number of nitrogens with zero attached hydrogens (tertiary/aromatic N) is 2. The first-order valence-corrected chi connectivity index (χ1v) is 9.91. The molecule has 2 aromatic rings. The van der Waals surface area contributed by atoms with Crippen molar-refractivity contribution in [3.8, 4) is 11.5 Å². The molecule has 1 fully saturated rings. The Morgan fingerprint density at radius 1 is 1.07 bits per heavy atom. The van der Waals surface area contributed by atoms with E-state index in [-0.39, 0.29) is 17.4 Å². The number of carbonyl (C=O) groups excluding carboxylic acids is 1. The third-order valence-corrected chi connectivity index (χ3v) is 5.07. The maximum absolute atomic E-state index is 12.5. The first-order chi connectivity index (χ1) is 14.5. The Morgan fingerprint density at radius 3 is 2.47 bits per heavy atom. The molecule has 0 saturated carbocycles. The number of methoxy groups -OCH3 is 1. The number of piperazine rings is 1. The number of alkyl halides is 2. The summed E-state index contributed by atoms with van der Waals surface area (Å²) < 4.78 is 34.3. The Labute approximate surface area is 175 Å². The Kier molecular flexibility index (Phi) is 7.79. The highest BCUT2D eigenvalue weighted by atomic mass is 19.3. The highest BCUT2D eigenvalue weighted by Crippen LogP contribution is 2.29. The van der Waals surface area contributed by atoms with Gasteiger partial charge in [0.25, 0.3) is 0 Å². The van der Waals surface area contributed by atoms with Crippen LogP contribution in [0.15, 0.2) is 54.6 Å². The zero-order valence-corrected chi connectivity index (χ0v) is 17.0. The molecule has 0 aromatic heterocycles. The average molecular weight is 416 g/mol. The predicted octanol–water partition coefficient (Wildman–Crippen LogP) is 3.70. The van der Waals surface area contributed by atoms with E-state index in [1.807, 2.05) is 23.1 Å². The quantitative estimate of drug-likeness (QED) is 0.616. The molecular formula is C23H26F2N2O3. The van der Waals surface area contributed by atoms with Gasteiger partial charge in [-0.05, 0) is 35.8 Å². The maximum atomic E-state index is 12.5. The van der Waals surface area contributed by atoms with Crippen molar-refractivity contribution >= 4 is 12.0 Å². The van der Waals surface area contributed by atoms with Gasteiger partial charge in [-0.25, -0.2) is 0 Å². The molecule has 0 atom stereocenters. The summed E-state index contributed by atoms with van der Waals surface area (Å²) in [5.41, 5.74) is 1.99. The van der Waals surface area contributed by atoms with Crippen LogP contribution >= 0.6 is 0 Å². The standard InChI is InChI=1S/C23H26F2N2O3/c1-29-21-17-19(7-9-20(21)30-23(24)25)8-10-22(28)27-15-13-26(14-16-27)12-11-18-5-3-2-4-6-18/h2-10,17,23H,11-16H2,1H3/b10-8+. The number of halogens is 2. The number of hydrogen-bond acceptors (Lipinski definition) is 4.